The van der Waals surface area contributed by atoms with E-state index in [0.29, 0.717) is 0 Å². The maximum atomic E-state index is 6.11. The van der Waals surface area contributed by atoms with Crippen molar-refractivity contribution in [2.45, 2.75) is 268 Å². The molecular weight excluding hydrogens is 1500 g/mol. The van der Waals surface area contributed by atoms with E-state index in [4.69, 9.17) is 9.47 Å². The Kier molecular flexibility index (Phi) is 50.8. The van der Waals surface area contributed by atoms with E-state index in [0.717, 1.165) is 48.7 Å². The first-order chi connectivity index (χ1) is 60.0. The summed E-state index contributed by atoms with van der Waals surface area (Å²) in [5.74, 6) is 1.98. The molecule has 124 heavy (non-hydrogen) atoms. The van der Waals surface area contributed by atoms with E-state index < -0.39 is 0 Å². The van der Waals surface area contributed by atoms with Gasteiger partial charge in [0.05, 0.1) is 13.2 Å². The highest BCUT2D eigenvalue weighted by atomic mass is 16.5. The zero-order chi connectivity index (χ0) is 90.2. The molecule has 0 aromatic heterocycles. The molecule has 656 valence electrons. The average molecular weight is 1650 g/mol. The number of ether oxygens (including phenoxy) is 2. The highest BCUT2D eigenvalue weighted by Gasteiger charge is 2.14. The summed E-state index contributed by atoms with van der Waals surface area (Å²) in [6, 6.07) is 86.9. The topological polar surface area (TPSA) is 18.5 Å². The number of aryl methyl sites for hydroxylation is 11. The molecule has 0 saturated carbocycles. The van der Waals surface area contributed by atoms with Crippen LogP contribution in [0, 0.1) is 62.3 Å². The summed E-state index contributed by atoms with van der Waals surface area (Å²) in [7, 11) is 0. The van der Waals surface area contributed by atoms with Crippen LogP contribution in [-0.4, -0.2) is 13.2 Å². The molecule has 0 fully saturated rings. The van der Waals surface area contributed by atoms with Crippen molar-refractivity contribution >= 4 is 47.1 Å². The second-order valence-corrected chi connectivity index (χ2v) is 33.5. The summed E-state index contributed by atoms with van der Waals surface area (Å²) in [6.07, 6.45) is 44.2. The van der Waals surface area contributed by atoms with E-state index in [1.165, 1.54) is 247 Å². The number of benzene rings is 11. The first kappa shape index (κ1) is 104. The van der Waals surface area contributed by atoms with Crippen LogP contribution in [0.5, 0.6) is 11.5 Å². The van der Waals surface area contributed by atoms with Gasteiger partial charge in [-0.3, -0.25) is 0 Å². The number of rotatable bonds is 33. The van der Waals surface area contributed by atoms with Gasteiger partial charge in [-0.2, -0.15) is 0 Å². The Bertz CT molecular complexity index is 4890. The lowest BCUT2D eigenvalue weighted by molar-refractivity contribution is 0.294. The maximum Gasteiger partial charge on any atom is 0.127 e. The molecule has 11 aromatic carbocycles. The van der Waals surface area contributed by atoms with Crippen LogP contribution >= 0.6 is 0 Å². The first-order valence-electron chi connectivity index (χ1n) is 46.7. The van der Waals surface area contributed by atoms with E-state index in [9.17, 15) is 0 Å². The molecule has 0 amide bonds. The quantitative estimate of drug-likeness (QED) is 0.0301. The van der Waals surface area contributed by atoms with Crippen molar-refractivity contribution in [1.82, 2.24) is 0 Å². The summed E-state index contributed by atoms with van der Waals surface area (Å²) >= 11 is 0. The van der Waals surface area contributed by atoms with Gasteiger partial charge in [-0.25, -0.2) is 0 Å². The number of hydrogen-bond acceptors (Lipinski definition) is 2. The summed E-state index contributed by atoms with van der Waals surface area (Å²) in [5, 5.41) is 0. The highest BCUT2D eigenvalue weighted by Crippen LogP contribution is 2.36. The predicted molar refractivity (Wildman–Crippen MR) is 556 cm³/mol. The third-order valence-corrected chi connectivity index (χ3v) is 22.3. The van der Waals surface area contributed by atoms with E-state index in [1.54, 1.807) is 0 Å². The molecule has 0 heterocycles. The Morgan fingerprint density at radius 1 is 0.266 bits per heavy atom. The minimum atomic E-state index is 0.800. The lowest BCUT2D eigenvalue weighted by atomic mass is 9.89. The zero-order valence-electron chi connectivity index (χ0n) is 80.8. The molecule has 0 atom stereocenters. The van der Waals surface area contributed by atoms with Gasteiger partial charge in [-0.15, -0.1) is 0 Å². The Labute approximate surface area is 756 Å². The lowest BCUT2D eigenvalue weighted by Crippen LogP contribution is -2.02. The van der Waals surface area contributed by atoms with Crippen molar-refractivity contribution in [2.24, 2.45) is 0 Å². The molecule has 0 unspecified atom stereocenters. The third-order valence-electron chi connectivity index (χ3n) is 22.3. The molecule has 0 aliphatic heterocycles. The molecule has 0 bridgehead atoms. The molecular formula is C122H156O2. The van der Waals surface area contributed by atoms with Gasteiger partial charge in [-0.1, -0.05) is 429 Å². The summed E-state index contributed by atoms with van der Waals surface area (Å²) < 4.78 is 12.2. The van der Waals surface area contributed by atoms with Crippen LogP contribution in [0.1, 0.15) is 304 Å². The molecule has 0 radical (unpaired) electrons. The van der Waals surface area contributed by atoms with Crippen LogP contribution in [0.25, 0.3) is 69.4 Å². The molecule has 0 aliphatic carbocycles. The van der Waals surface area contributed by atoms with Crippen molar-refractivity contribution in [3.05, 3.63) is 390 Å². The molecule has 11 rings (SSSR count). The normalized spacial score (nSPS) is 10.8. The maximum absolute atomic E-state index is 6.11. The monoisotopic (exact) mass is 1650 g/mol. The van der Waals surface area contributed by atoms with Gasteiger partial charge < -0.3 is 9.47 Å². The SMILES string of the molecule is C/C=C/c1cc(-c2ccccc2)c(C)cc1-c1ccccc1.C/C=C/c1cc(CCCC)c(C)cc1CCCC.C/C=C/c1cc(OCCCCCCCC)c(C)cc1OCCCCCCCC.C/C=C/c1ccc(C)cc1.C/C=C\c1ccc(C)cc1.CC(=C(c1ccc(C)cc1)c1ccc(C)cc1)c1ccc(C)cc1.CC(C)=C(C)c1ccc(C)cc1. The Morgan fingerprint density at radius 3 is 1.03 bits per heavy atom. The largest absolute Gasteiger partial charge is 0.493 e. The fraction of sp³-hybridized carbons (Fsp3) is 0.344. The summed E-state index contributed by atoms with van der Waals surface area (Å²) in [6.45, 7) is 48.9. The standard InChI is InChI=1S/C26H44O2.C24H24.C22H20.C18H28.C12H16.2C10H12/c1-5-8-10-12-14-16-19-27-25-22-24(18-7-3)26(21-23(25)4)28-20-17-15-13-11-9-6-2;1-17-5-11-21(12-6-17)20(4)24(22-13-7-18(2)8-14-22)23-15-9-19(3)10-16-23;1-3-10-20-16-21(18-11-6-4-7-12-18)17(2)15-22(20)19-13-8-5-9-14-19;1-5-8-11-16-14-17(10-7-3)18(12-9-6-2)13-15(16)4;1-9(2)11(4)12-7-5-10(3)6-8-12;2*1-3-4-10-7-5-9(2)6-8-10/h7,18,21-22H,5-6,8-17,19-20H2,1-4H3;5-16H,1-4H3;3-16H,1-2H3;7,10,13-14H,5-6,8-9,11-12H2,1-4H3;5-8H,1-4H3;2*3-8H,1-2H3/b18-7+;;10-3+;10-7+;;4-3+;4-3-. The molecule has 0 N–H and O–H groups in total. The Hall–Kier alpha value is -10.8. The van der Waals surface area contributed by atoms with Gasteiger partial charge in [0, 0.05) is 5.56 Å². The van der Waals surface area contributed by atoms with Crippen molar-refractivity contribution in [3.8, 4) is 33.8 Å². The fourth-order valence-corrected chi connectivity index (χ4v) is 14.4. The first-order valence-corrected chi connectivity index (χ1v) is 46.7. The van der Waals surface area contributed by atoms with Gasteiger partial charge in [0.25, 0.3) is 0 Å². The van der Waals surface area contributed by atoms with E-state index >= 15 is 0 Å². The minimum Gasteiger partial charge on any atom is -0.493 e. The average Bonchev–Trinajstić information content (AvgIpc) is 0.807. The summed E-state index contributed by atoms with van der Waals surface area (Å²) in [4.78, 5) is 0. The Balaban J connectivity index is 0.000000264. The molecule has 0 aliphatic rings. The van der Waals surface area contributed by atoms with E-state index in [1.807, 2.05) is 32.9 Å². The smallest absolute Gasteiger partial charge is 0.127 e. The van der Waals surface area contributed by atoms with Gasteiger partial charge >= 0.3 is 0 Å². The van der Waals surface area contributed by atoms with E-state index in [-0.39, 0.29) is 0 Å². The molecule has 0 saturated heterocycles. The summed E-state index contributed by atoms with van der Waals surface area (Å²) in [5.41, 5.74) is 36.8. The third kappa shape index (κ3) is 39.0. The van der Waals surface area contributed by atoms with Crippen LogP contribution in [0.3, 0.4) is 0 Å². The van der Waals surface area contributed by atoms with Crippen LogP contribution in [0.2, 0.25) is 0 Å². The van der Waals surface area contributed by atoms with Crippen molar-refractivity contribution in [1.29, 1.82) is 0 Å². The minimum absolute atomic E-state index is 0.800. The van der Waals surface area contributed by atoms with Gasteiger partial charge in [0.2, 0.25) is 0 Å². The van der Waals surface area contributed by atoms with E-state index in [2.05, 4.69) is 423 Å². The second kappa shape index (κ2) is 60.7. The van der Waals surface area contributed by atoms with Gasteiger partial charge in [0.15, 0.2) is 0 Å². The van der Waals surface area contributed by atoms with Crippen LogP contribution in [0.4, 0.5) is 0 Å². The second-order valence-electron chi connectivity index (χ2n) is 33.5. The molecule has 2 nitrogen and oxygen atoms in total. The van der Waals surface area contributed by atoms with Crippen molar-refractivity contribution < 1.29 is 9.47 Å². The van der Waals surface area contributed by atoms with Gasteiger partial charge in [-0.05, 0) is 293 Å². The lowest BCUT2D eigenvalue weighted by Gasteiger charge is -2.15. The van der Waals surface area contributed by atoms with Crippen LogP contribution in [0.15, 0.2) is 279 Å². The van der Waals surface area contributed by atoms with Crippen LogP contribution in [-0.2, 0) is 12.8 Å². The number of unbranched alkanes of at least 4 members (excludes halogenated alkanes) is 12. The highest BCUT2D eigenvalue weighted by molar-refractivity contribution is 5.98. The molecule has 0 spiro atoms. The van der Waals surface area contributed by atoms with Crippen molar-refractivity contribution in [2.75, 3.05) is 13.2 Å². The Morgan fingerprint density at radius 2 is 0.621 bits per heavy atom. The number of allylic oxidation sites excluding steroid dienone is 8. The predicted octanol–water partition coefficient (Wildman–Crippen LogP) is 37.0. The van der Waals surface area contributed by atoms with Gasteiger partial charge in [0.1, 0.15) is 11.5 Å². The van der Waals surface area contributed by atoms with Crippen molar-refractivity contribution in [3.63, 3.8) is 0 Å². The molecule has 2 heteroatoms. The zero-order valence-corrected chi connectivity index (χ0v) is 80.8. The van der Waals surface area contributed by atoms with Crippen LogP contribution < -0.4 is 9.47 Å². The fourth-order valence-electron chi connectivity index (χ4n) is 14.4. The molecule has 11 aromatic rings. The number of hydrogen-bond donors (Lipinski definition) is 0.